The Labute approximate surface area is 138 Å². The van der Waals surface area contributed by atoms with Crippen LogP contribution in [0.15, 0.2) is 29.3 Å². The minimum Gasteiger partial charge on any atom is -0.449 e. The van der Waals surface area contributed by atoms with Crippen LogP contribution in [0.4, 0.5) is 9.18 Å². The fourth-order valence-corrected chi connectivity index (χ4v) is 4.42. The van der Waals surface area contributed by atoms with Gasteiger partial charge in [-0.25, -0.2) is 9.18 Å². The number of amides is 1. The number of thioether (sulfide) groups is 1. The van der Waals surface area contributed by atoms with Gasteiger partial charge in [0.2, 0.25) is 0 Å². The third kappa shape index (κ3) is 3.30. The van der Waals surface area contributed by atoms with E-state index in [1.807, 2.05) is 18.2 Å². The molecule has 4 N–H and O–H groups in total. The number of ether oxygens (including phenoxy) is 1. The van der Waals surface area contributed by atoms with Gasteiger partial charge in [-0.05, 0) is 25.1 Å². The molecule has 124 valence electrons. The summed E-state index contributed by atoms with van der Waals surface area (Å²) in [4.78, 5) is 14.8. The number of aromatic nitrogens is 1. The largest absolute Gasteiger partial charge is 0.449 e. The molecule has 2 atom stereocenters. The van der Waals surface area contributed by atoms with Gasteiger partial charge in [0.25, 0.3) is 0 Å². The van der Waals surface area contributed by atoms with Crippen molar-refractivity contribution < 1.29 is 13.9 Å². The lowest BCUT2D eigenvalue weighted by molar-refractivity contribution is 0.0817. The normalized spacial score (nSPS) is 24.7. The number of H-pyrrole nitrogens is 1. The van der Waals surface area contributed by atoms with Crippen LogP contribution in [-0.2, 0) is 4.74 Å². The van der Waals surface area contributed by atoms with E-state index in [1.54, 1.807) is 11.8 Å². The molecule has 1 aliphatic rings. The van der Waals surface area contributed by atoms with E-state index in [1.165, 1.54) is 6.20 Å². The fourth-order valence-electron chi connectivity index (χ4n) is 2.96. The zero-order valence-corrected chi connectivity index (χ0v) is 13.7. The Balaban J connectivity index is 1.86. The summed E-state index contributed by atoms with van der Waals surface area (Å²) in [5.74, 6) is -0.248. The van der Waals surface area contributed by atoms with Crippen molar-refractivity contribution >= 4 is 28.8 Å². The lowest BCUT2D eigenvalue weighted by Crippen LogP contribution is -2.48. The Kier molecular flexibility index (Phi) is 4.50. The van der Waals surface area contributed by atoms with Crippen LogP contribution in [0.5, 0.6) is 0 Å². The number of fused-ring (bicyclic) bond motifs is 1. The Morgan fingerprint density at radius 3 is 3.17 bits per heavy atom. The van der Waals surface area contributed by atoms with Gasteiger partial charge in [0.05, 0.1) is 6.61 Å². The van der Waals surface area contributed by atoms with Crippen molar-refractivity contribution in [3.8, 4) is 0 Å². The van der Waals surface area contributed by atoms with Gasteiger partial charge in [-0.3, -0.25) is 0 Å². The lowest BCUT2D eigenvalue weighted by Gasteiger charge is -2.40. The van der Waals surface area contributed by atoms with E-state index in [-0.39, 0.29) is 23.1 Å². The maximum absolute atomic E-state index is 14.1. The number of piperidine rings is 1. The standard InChI is InChI=1S/C16H20FN3O2S/c1-16(9-22-15(18)21)5-6-19-8-13(16)23-12-4-2-3-11-14(12)10(17)7-20-11/h2-4,7,13,19-20H,5-6,8-9H2,1H3,(H2,18,21). The van der Waals surface area contributed by atoms with Crippen LogP contribution < -0.4 is 11.1 Å². The highest BCUT2D eigenvalue weighted by Crippen LogP contribution is 2.42. The summed E-state index contributed by atoms with van der Waals surface area (Å²) >= 11 is 1.62. The first-order valence-corrected chi connectivity index (χ1v) is 8.43. The van der Waals surface area contributed by atoms with Crippen LogP contribution in [0, 0.1) is 11.2 Å². The summed E-state index contributed by atoms with van der Waals surface area (Å²) in [5, 5.41) is 4.12. The predicted octanol–water partition coefficient (Wildman–Crippen LogP) is 2.86. The maximum Gasteiger partial charge on any atom is 0.404 e. The second-order valence-electron chi connectivity index (χ2n) is 6.14. The van der Waals surface area contributed by atoms with E-state index in [9.17, 15) is 9.18 Å². The first-order valence-electron chi connectivity index (χ1n) is 7.55. The van der Waals surface area contributed by atoms with Crippen molar-refractivity contribution in [1.29, 1.82) is 0 Å². The van der Waals surface area contributed by atoms with Crippen LogP contribution in [0.2, 0.25) is 0 Å². The summed E-state index contributed by atoms with van der Waals surface area (Å²) in [5.41, 5.74) is 5.68. The summed E-state index contributed by atoms with van der Waals surface area (Å²) < 4.78 is 19.1. The van der Waals surface area contributed by atoms with Gasteiger partial charge >= 0.3 is 6.09 Å². The molecule has 0 bridgehead atoms. The molecule has 1 aromatic heterocycles. The molecule has 5 nitrogen and oxygen atoms in total. The van der Waals surface area contributed by atoms with E-state index in [0.717, 1.165) is 29.9 Å². The molecule has 1 aromatic carbocycles. The minimum atomic E-state index is -0.757. The molecule has 1 aliphatic heterocycles. The number of aromatic amines is 1. The number of nitrogens with two attached hydrogens (primary N) is 1. The molecule has 3 rings (SSSR count). The Hall–Kier alpha value is -1.73. The monoisotopic (exact) mass is 337 g/mol. The van der Waals surface area contributed by atoms with Crippen LogP contribution in [0.25, 0.3) is 10.9 Å². The molecule has 0 spiro atoms. The van der Waals surface area contributed by atoms with Crippen molar-refractivity contribution in [2.75, 3.05) is 19.7 Å². The number of rotatable bonds is 4. The highest BCUT2D eigenvalue weighted by Gasteiger charge is 2.38. The van der Waals surface area contributed by atoms with Crippen molar-refractivity contribution in [2.45, 2.75) is 23.5 Å². The van der Waals surface area contributed by atoms with E-state index >= 15 is 0 Å². The zero-order chi connectivity index (χ0) is 16.4. The summed E-state index contributed by atoms with van der Waals surface area (Å²) in [6, 6.07) is 5.69. The molecular formula is C16H20FN3O2S. The van der Waals surface area contributed by atoms with Gasteiger partial charge < -0.3 is 20.8 Å². The zero-order valence-electron chi connectivity index (χ0n) is 12.9. The summed E-state index contributed by atoms with van der Waals surface area (Å²) in [6.45, 7) is 3.99. The number of primary amides is 1. The first-order chi connectivity index (χ1) is 11.0. The number of benzene rings is 1. The third-order valence-corrected chi connectivity index (χ3v) is 6.03. The van der Waals surface area contributed by atoms with Crippen LogP contribution >= 0.6 is 11.8 Å². The molecule has 7 heteroatoms. The van der Waals surface area contributed by atoms with Crippen LogP contribution in [0.1, 0.15) is 13.3 Å². The lowest BCUT2D eigenvalue weighted by atomic mass is 9.81. The number of hydrogen-bond acceptors (Lipinski definition) is 4. The average Bonchev–Trinajstić information content (AvgIpc) is 2.90. The van der Waals surface area contributed by atoms with Gasteiger partial charge in [-0.2, -0.15) is 0 Å². The quantitative estimate of drug-likeness (QED) is 0.801. The number of halogens is 1. The summed E-state index contributed by atoms with van der Waals surface area (Å²) in [7, 11) is 0. The molecule has 2 aromatic rings. The number of nitrogens with one attached hydrogen (secondary N) is 2. The third-order valence-electron chi connectivity index (χ3n) is 4.41. The molecule has 23 heavy (non-hydrogen) atoms. The Morgan fingerprint density at radius 1 is 1.57 bits per heavy atom. The predicted molar refractivity (Wildman–Crippen MR) is 89.0 cm³/mol. The molecule has 0 aliphatic carbocycles. The first kappa shape index (κ1) is 16.1. The van der Waals surface area contributed by atoms with Crippen molar-refractivity contribution in [3.63, 3.8) is 0 Å². The minimum absolute atomic E-state index is 0.149. The van der Waals surface area contributed by atoms with Gasteiger partial charge in [0.15, 0.2) is 0 Å². The van der Waals surface area contributed by atoms with E-state index in [4.69, 9.17) is 10.5 Å². The number of carbonyl (C=O) groups is 1. The van der Waals surface area contributed by atoms with E-state index < -0.39 is 6.09 Å². The van der Waals surface area contributed by atoms with Crippen LogP contribution in [-0.4, -0.2) is 36.0 Å². The van der Waals surface area contributed by atoms with E-state index in [2.05, 4.69) is 17.2 Å². The SMILES string of the molecule is CC1(COC(N)=O)CCNCC1Sc1cccc2[nH]cc(F)c12. The highest BCUT2D eigenvalue weighted by atomic mass is 32.2. The highest BCUT2D eigenvalue weighted by molar-refractivity contribution is 8.00. The molecule has 2 heterocycles. The fraction of sp³-hybridized carbons (Fsp3) is 0.438. The van der Waals surface area contributed by atoms with Gasteiger partial charge in [-0.15, -0.1) is 11.8 Å². The summed E-state index contributed by atoms with van der Waals surface area (Å²) in [6.07, 6.45) is 1.49. The molecule has 2 unspecified atom stereocenters. The van der Waals surface area contributed by atoms with Gasteiger partial charge in [0, 0.05) is 39.2 Å². The molecule has 0 radical (unpaired) electrons. The molecule has 1 fully saturated rings. The molecular weight excluding hydrogens is 317 g/mol. The number of hydrogen-bond donors (Lipinski definition) is 3. The van der Waals surface area contributed by atoms with Crippen LogP contribution in [0.3, 0.4) is 0 Å². The smallest absolute Gasteiger partial charge is 0.404 e. The maximum atomic E-state index is 14.1. The Bertz CT molecular complexity index is 720. The number of carbonyl (C=O) groups excluding carboxylic acids is 1. The van der Waals surface area contributed by atoms with Gasteiger partial charge in [-0.1, -0.05) is 13.0 Å². The van der Waals surface area contributed by atoms with Crippen molar-refractivity contribution in [1.82, 2.24) is 10.3 Å². The molecule has 1 amide bonds. The van der Waals surface area contributed by atoms with Crippen molar-refractivity contribution in [2.24, 2.45) is 11.1 Å². The Morgan fingerprint density at radius 2 is 2.39 bits per heavy atom. The van der Waals surface area contributed by atoms with Gasteiger partial charge in [0.1, 0.15) is 5.82 Å². The van der Waals surface area contributed by atoms with Crippen molar-refractivity contribution in [3.05, 3.63) is 30.2 Å². The second kappa shape index (κ2) is 6.41. The van der Waals surface area contributed by atoms with E-state index in [0.29, 0.717) is 5.39 Å². The topological polar surface area (TPSA) is 80.1 Å². The average molecular weight is 337 g/mol. The molecule has 1 saturated heterocycles. The second-order valence-corrected chi connectivity index (χ2v) is 7.38. The molecule has 0 saturated carbocycles.